The molecule has 1 aliphatic rings. The smallest absolute Gasteiger partial charge is 0.104 e. The quantitative estimate of drug-likeness (QED) is 0.709. The third kappa shape index (κ3) is 1.70. The number of ether oxygens (including phenoxy) is 1. The van der Waals surface area contributed by atoms with Crippen molar-refractivity contribution in [3.05, 3.63) is 46.9 Å². The Morgan fingerprint density at radius 3 is 2.47 bits per heavy atom. The van der Waals surface area contributed by atoms with Crippen molar-refractivity contribution in [3.63, 3.8) is 0 Å². The molecule has 1 nitrogen and oxygen atoms in total. The zero-order valence-corrected chi connectivity index (χ0v) is 9.34. The highest BCUT2D eigenvalue weighted by atomic mass is 16.5. The van der Waals surface area contributed by atoms with Crippen LogP contribution in [0.2, 0.25) is 0 Å². The lowest BCUT2D eigenvalue weighted by Gasteiger charge is -2.15. The number of methoxy groups -OCH3 is 1. The number of hydrogen-bond donors (Lipinski definition) is 0. The molecule has 0 heterocycles. The molecule has 0 bridgehead atoms. The molecule has 2 rings (SSSR count). The third-order valence-electron chi connectivity index (χ3n) is 2.92. The summed E-state index contributed by atoms with van der Waals surface area (Å²) in [7, 11) is 1.75. The number of hydrogen-bond acceptors (Lipinski definition) is 1. The van der Waals surface area contributed by atoms with Crippen molar-refractivity contribution in [2.45, 2.75) is 19.8 Å². The molecular formula is C14H16O. The number of allylic oxidation sites excluding steroid dienone is 1. The van der Waals surface area contributed by atoms with Crippen LogP contribution >= 0.6 is 0 Å². The van der Waals surface area contributed by atoms with Crippen LogP contribution in [0.3, 0.4) is 0 Å². The van der Waals surface area contributed by atoms with Crippen molar-refractivity contribution in [2.75, 3.05) is 7.11 Å². The first-order valence-corrected chi connectivity index (χ1v) is 5.25. The lowest BCUT2D eigenvalue weighted by molar-refractivity contribution is 0.348. The van der Waals surface area contributed by atoms with Gasteiger partial charge >= 0.3 is 0 Å². The van der Waals surface area contributed by atoms with E-state index in [4.69, 9.17) is 4.74 Å². The Morgan fingerprint density at radius 1 is 1.20 bits per heavy atom. The van der Waals surface area contributed by atoms with Gasteiger partial charge in [-0.25, -0.2) is 0 Å². The van der Waals surface area contributed by atoms with Crippen LogP contribution in [0.25, 0.3) is 11.3 Å². The van der Waals surface area contributed by atoms with Gasteiger partial charge in [0.1, 0.15) is 5.76 Å². The minimum Gasteiger partial charge on any atom is -0.500 e. The largest absolute Gasteiger partial charge is 0.500 e. The van der Waals surface area contributed by atoms with Gasteiger partial charge in [0.05, 0.1) is 7.11 Å². The fourth-order valence-electron chi connectivity index (χ4n) is 2.15. The van der Waals surface area contributed by atoms with Gasteiger partial charge < -0.3 is 4.74 Å². The summed E-state index contributed by atoms with van der Waals surface area (Å²) < 4.78 is 5.42. The molecule has 0 atom stereocenters. The van der Waals surface area contributed by atoms with Gasteiger partial charge in [-0.05, 0) is 24.1 Å². The van der Waals surface area contributed by atoms with E-state index in [1.54, 1.807) is 7.11 Å². The summed E-state index contributed by atoms with van der Waals surface area (Å²) in [6.07, 6.45) is 2.02. The molecule has 0 saturated carbocycles. The van der Waals surface area contributed by atoms with Crippen LogP contribution in [0, 0.1) is 0 Å². The summed E-state index contributed by atoms with van der Waals surface area (Å²) in [4.78, 5) is 0. The lowest BCUT2D eigenvalue weighted by Crippen LogP contribution is -2.32. The SMILES string of the molecule is C=C(C)C1=c2ccccc2=C(OC)CC1. The van der Waals surface area contributed by atoms with Crippen LogP contribution < -0.4 is 10.4 Å². The van der Waals surface area contributed by atoms with Crippen molar-refractivity contribution >= 4 is 11.3 Å². The van der Waals surface area contributed by atoms with Crippen molar-refractivity contribution in [1.29, 1.82) is 0 Å². The number of fused-ring (bicyclic) bond motifs is 1. The molecule has 0 aliphatic heterocycles. The van der Waals surface area contributed by atoms with Gasteiger partial charge in [-0.3, -0.25) is 0 Å². The van der Waals surface area contributed by atoms with Gasteiger partial charge in [0, 0.05) is 11.6 Å². The minimum absolute atomic E-state index is 0.982. The Bertz CT molecular complexity index is 508. The maximum absolute atomic E-state index is 5.42. The maximum atomic E-state index is 5.42. The molecule has 1 aliphatic carbocycles. The molecule has 0 spiro atoms. The van der Waals surface area contributed by atoms with E-state index in [1.807, 2.05) is 0 Å². The molecule has 0 N–H and O–H groups in total. The van der Waals surface area contributed by atoms with E-state index in [1.165, 1.54) is 16.0 Å². The lowest BCUT2D eigenvalue weighted by atomic mass is 9.94. The topological polar surface area (TPSA) is 9.23 Å². The van der Waals surface area contributed by atoms with E-state index < -0.39 is 0 Å². The monoisotopic (exact) mass is 200 g/mol. The molecule has 78 valence electrons. The van der Waals surface area contributed by atoms with Crippen molar-refractivity contribution in [3.8, 4) is 0 Å². The highest BCUT2D eigenvalue weighted by Crippen LogP contribution is 2.19. The van der Waals surface area contributed by atoms with E-state index in [2.05, 4.69) is 37.8 Å². The second-order valence-electron chi connectivity index (χ2n) is 3.93. The average Bonchev–Trinajstić information content (AvgIpc) is 2.27. The molecule has 0 unspecified atom stereocenters. The molecule has 1 aromatic carbocycles. The van der Waals surface area contributed by atoms with Gasteiger partial charge in [0.15, 0.2) is 0 Å². The van der Waals surface area contributed by atoms with Crippen molar-refractivity contribution in [1.82, 2.24) is 0 Å². The highest BCUT2D eigenvalue weighted by molar-refractivity contribution is 5.66. The predicted molar refractivity (Wildman–Crippen MR) is 63.6 cm³/mol. The number of rotatable bonds is 2. The zero-order valence-electron chi connectivity index (χ0n) is 9.34. The second-order valence-corrected chi connectivity index (χ2v) is 3.93. The van der Waals surface area contributed by atoms with E-state index in [9.17, 15) is 0 Å². The first kappa shape index (κ1) is 10.0. The Kier molecular flexibility index (Phi) is 2.63. The average molecular weight is 200 g/mol. The molecule has 0 aromatic heterocycles. The molecule has 15 heavy (non-hydrogen) atoms. The van der Waals surface area contributed by atoms with E-state index in [0.717, 1.165) is 24.2 Å². The third-order valence-corrected chi connectivity index (χ3v) is 2.92. The standard InChI is InChI=1S/C14H16O/c1-10(2)11-8-9-14(15-3)13-7-5-4-6-12(11)13/h4-7H,1,8-9H2,2-3H3. The van der Waals surface area contributed by atoms with Gasteiger partial charge in [-0.1, -0.05) is 36.4 Å². The summed E-state index contributed by atoms with van der Waals surface area (Å²) in [6, 6.07) is 8.40. The van der Waals surface area contributed by atoms with Gasteiger partial charge in [0.25, 0.3) is 0 Å². The van der Waals surface area contributed by atoms with E-state index >= 15 is 0 Å². The summed E-state index contributed by atoms with van der Waals surface area (Å²) in [5.74, 6) is 1.09. The summed E-state index contributed by atoms with van der Waals surface area (Å²) in [5, 5.41) is 2.51. The zero-order chi connectivity index (χ0) is 10.8. The molecule has 1 aromatic rings. The summed E-state index contributed by atoms with van der Waals surface area (Å²) in [6.45, 7) is 6.11. The first-order valence-electron chi connectivity index (χ1n) is 5.25. The van der Waals surface area contributed by atoms with E-state index in [-0.39, 0.29) is 0 Å². The Hall–Kier alpha value is -1.50. The molecule has 0 radical (unpaired) electrons. The molecule has 0 saturated heterocycles. The molecular weight excluding hydrogens is 184 g/mol. The fraction of sp³-hybridized carbons (Fsp3) is 0.286. The van der Waals surface area contributed by atoms with Crippen LogP contribution in [0.4, 0.5) is 0 Å². The van der Waals surface area contributed by atoms with Crippen LogP contribution in [0.1, 0.15) is 19.8 Å². The van der Waals surface area contributed by atoms with Crippen LogP contribution in [0.15, 0.2) is 36.4 Å². The van der Waals surface area contributed by atoms with Gasteiger partial charge in [0.2, 0.25) is 0 Å². The van der Waals surface area contributed by atoms with Crippen LogP contribution in [-0.4, -0.2) is 7.11 Å². The Labute approximate surface area is 90.4 Å². The fourth-order valence-corrected chi connectivity index (χ4v) is 2.15. The van der Waals surface area contributed by atoms with E-state index in [0.29, 0.717) is 0 Å². The molecule has 1 heteroatoms. The highest BCUT2D eigenvalue weighted by Gasteiger charge is 2.11. The van der Waals surface area contributed by atoms with Crippen LogP contribution in [-0.2, 0) is 4.74 Å². The summed E-state index contributed by atoms with van der Waals surface area (Å²) >= 11 is 0. The van der Waals surface area contributed by atoms with Crippen molar-refractivity contribution in [2.24, 2.45) is 0 Å². The normalized spacial score (nSPS) is 14.8. The Morgan fingerprint density at radius 2 is 1.87 bits per heavy atom. The van der Waals surface area contributed by atoms with Gasteiger partial charge in [-0.15, -0.1) is 0 Å². The van der Waals surface area contributed by atoms with Gasteiger partial charge in [-0.2, -0.15) is 0 Å². The minimum atomic E-state index is 0.982. The first-order chi connectivity index (χ1) is 7.24. The number of benzene rings is 1. The van der Waals surface area contributed by atoms with Crippen LogP contribution in [0.5, 0.6) is 0 Å². The predicted octanol–water partition coefficient (Wildman–Crippen LogP) is 1.96. The Balaban J connectivity index is 2.86. The maximum Gasteiger partial charge on any atom is 0.104 e. The molecule has 0 amide bonds. The second kappa shape index (κ2) is 3.93. The van der Waals surface area contributed by atoms with Crippen molar-refractivity contribution < 1.29 is 4.74 Å². The molecule has 0 fully saturated rings. The summed E-state index contributed by atoms with van der Waals surface area (Å²) in [5.41, 5.74) is 2.53.